The van der Waals surface area contributed by atoms with Crippen LogP contribution in [0.5, 0.6) is 0 Å². The van der Waals surface area contributed by atoms with Gasteiger partial charge in [-0.3, -0.25) is 29.4 Å². The molecule has 7 aliphatic rings. The number of allylic oxidation sites excluding steroid dienone is 2. The van der Waals surface area contributed by atoms with Crippen LogP contribution in [0.3, 0.4) is 0 Å². The maximum absolute atomic E-state index is 13.3. The number of carbonyl (C=O) groups excluding carboxylic acids is 4. The molecule has 56 heavy (non-hydrogen) atoms. The number of amides is 4. The van der Waals surface area contributed by atoms with E-state index in [2.05, 4.69) is 27.4 Å². The van der Waals surface area contributed by atoms with Crippen molar-refractivity contribution in [2.24, 2.45) is 35.5 Å². The van der Waals surface area contributed by atoms with Crippen LogP contribution in [-0.4, -0.2) is 107 Å². The second-order valence-electron chi connectivity index (χ2n) is 19.1. The molecule has 0 aromatic heterocycles. The monoisotopic (exact) mass is 778 g/mol. The average molecular weight is 778 g/mol. The number of aliphatic hydroxyl groups is 1. The standard InChI is InChI=1S/C46H75N5O5/c1-2-38(33-10-4-3-5-11-33)43(35-16-19-37(52)20-17-35)34-14-12-32(13-15-34)9-6-25-49-27-8-28-50(30-29-49)26-7-24-47-36-18-21-39-40(31-36)46(56)51(45(39)55)41-22-23-42(53)48-44(41)54/h32-37,39-41,47,52H,2-31H2,1H3,(H,48,53,54)/b43-38+. The summed E-state index contributed by atoms with van der Waals surface area (Å²) in [6.45, 7) is 10.3. The molecule has 4 unspecified atom stereocenters. The molecule has 10 heteroatoms. The highest BCUT2D eigenvalue weighted by atomic mass is 16.3. The van der Waals surface area contributed by atoms with Crippen LogP contribution < -0.4 is 10.6 Å². The molecule has 0 aromatic rings. The minimum atomic E-state index is -0.843. The summed E-state index contributed by atoms with van der Waals surface area (Å²) in [6.07, 6.45) is 25.9. The van der Waals surface area contributed by atoms with E-state index in [9.17, 15) is 24.3 Å². The third kappa shape index (κ3) is 10.3. The summed E-state index contributed by atoms with van der Waals surface area (Å²) in [4.78, 5) is 57.1. The van der Waals surface area contributed by atoms with Gasteiger partial charge in [0.15, 0.2) is 0 Å². The van der Waals surface area contributed by atoms with Crippen molar-refractivity contribution in [2.75, 3.05) is 45.8 Å². The number of piperidine rings is 1. The molecule has 4 atom stereocenters. The van der Waals surface area contributed by atoms with Gasteiger partial charge < -0.3 is 20.2 Å². The third-order valence-electron chi connectivity index (χ3n) is 15.6. The number of hydrogen-bond acceptors (Lipinski definition) is 8. The van der Waals surface area contributed by atoms with E-state index in [-0.39, 0.29) is 54.5 Å². The molecule has 3 heterocycles. The van der Waals surface area contributed by atoms with Gasteiger partial charge >= 0.3 is 0 Å². The predicted octanol–water partition coefficient (Wildman–Crippen LogP) is 6.36. The quantitative estimate of drug-likeness (QED) is 0.106. The van der Waals surface area contributed by atoms with Crippen molar-refractivity contribution in [3.63, 3.8) is 0 Å². The molecule has 3 saturated heterocycles. The topological polar surface area (TPSA) is 122 Å². The Kier molecular flexibility index (Phi) is 15.2. The fourth-order valence-corrected chi connectivity index (χ4v) is 12.5. The van der Waals surface area contributed by atoms with E-state index in [1.54, 1.807) is 0 Å². The summed E-state index contributed by atoms with van der Waals surface area (Å²) in [5, 5.41) is 16.3. The zero-order chi connectivity index (χ0) is 39.0. The first-order chi connectivity index (χ1) is 27.3. The zero-order valence-corrected chi connectivity index (χ0v) is 34.8. The highest BCUT2D eigenvalue weighted by Crippen LogP contribution is 2.47. The lowest BCUT2D eigenvalue weighted by atomic mass is 9.66. The van der Waals surface area contributed by atoms with Crippen molar-refractivity contribution >= 4 is 23.6 Å². The SMILES string of the molecule is CC/C(=C(\C1CCC(O)CC1)C1CCC(CCCN2CCCN(CCCNC3CCC4C(=O)N(C5CCC(=O)NC5=O)C(=O)C4C3)CC2)CC1)C1CCCCC1. The van der Waals surface area contributed by atoms with Crippen LogP contribution in [0, 0.1) is 35.5 Å². The van der Waals surface area contributed by atoms with E-state index in [1.165, 1.54) is 114 Å². The number of imide groups is 2. The number of hydrogen-bond donors (Lipinski definition) is 3. The molecule has 0 bridgehead atoms. The molecule has 7 rings (SSSR count). The van der Waals surface area contributed by atoms with Gasteiger partial charge in [0, 0.05) is 25.6 Å². The van der Waals surface area contributed by atoms with Crippen LogP contribution in [-0.2, 0) is 19.2 Å². The van der Waals surface area contributed by atoms with Crippen molar-refractivity contribution in [1.82, 2.24) is 25.3 Å². The number of aliphatic hydroxyl groups excluding tert-OH is 1. The number of nitrogens with zero attached hydrogens (tertiary/aromatic N) is 3. The summed E-state index contributed by atoms with van der Waals surface area (Å²) in [7, 11) is 0. The molecule has 4 aliphatic carbocycles. The minimum Gasteiger partial charge on any atom is -0.393 e. The Bertz CT molecular complexity index is 1380. The van der Waals surface area contributed by atoms with E-state index in [0.717, 1.165) is 82.1 Å². The highest BCUT2D eigenvalue weighted by Gasteiger charge is 2.54. The van der Waals surface area contributed by atoms with Gasteiger partial charge in [0.05, 0.1) is 17.9 Å². The largest absolute Gasteiger partial charge is 0.393 e. The number of nitrogens with one attached hydrogen (secondary N) is 2. The first-order valence-corrected chi connectivity index (χ1v) is 23.6. The number of likely N-dealkylation sites (tertiary alicyclic amines) is 1. The Hall–Kier alpha value is -2.14. The first kappa shape index (κ1) is 42.0. The summed E-state index contributed by atoms with van der Waals surface area (Å²) < 4.78 is 0. The fourth-order valence-electron chi connectivity index (χ4n) is 12.5. The molecular formula is C46H75N5O5. The van der Waals surface area contributed by atoms with Crippen molar-refractivity contribution in [3.05, 3.63) is 11.1 Å². The molecule has 3 aliphatic heterocycles. The molecule has 4 amide bonds. The second kappa shape index (κ2) is 20.2. The summed E-state index contributed by atoms with van der Waals surface area (Å²) in [6, 6.07) is -0.630. The maximum atomic E-state index is 13.3. The lowest BCUT2D eigenvalue weighted by molar-refractivity contribution is -0.151. The van der Waals surface area contributed by atoms with Crippen molar-refractivity contribution in [2.45, 2.75) is 173 Å². The molecular weight excluding hydrogens is 703 g/mol. The lowest BCUT2D eigenvalue weighted by Crippen LogP contribution is -2.54. The number of fused-ring (bicyclic) bond motifs is 1. The summed E-state index contributed by atoms with van der Waals surface area (Å²) in [5.74, 6) is 1.27. The Labute approximate surface area is 337 Å². The van der Waals surface area contributed by atoms with Crippen LogP contribution in [0.4, 0.5) is 0 Å². The Morgan fingerprint density at radius 3 is 2.04 bits per heavy atom. The van der Waals surface area contributed by atoms with Gasteiger partial charge in [0.25, 0.3) is 0 Å². The van der Waals surface area contributed by atoms with E-state index in [4.69, 9.17) is 0 Å². The van der Waals surface area contributed by atoms with Gasteiger partial charge in [-0.2, -0.15) is 0 Å². The molecule has 314 valence electrons. The summed E-state index contributed by atoms with van der Waals surface area (Å²) in [5.41, 5.74) is 3.77. The van der Waals surface area contributed by atoms with Gasteiger partial charge in [-0.15, -0.1) is 0 Å². The molecule has 0 spiro atoms. The van der Waals surface area contributed by atoms with Crippen LogP contribution in [0.2, 0.25) is 0 Å². The molecule has 3 N–H and O–H groups in total. The maximum Gasteiger partial charge on any atom is 0.249 e. The smallest absolute Gasteiger partial charge is 0.249 e. The normalized spacial score (nSPS) is 34.9. The van der Waals surface area contributed by atoms with Crippen LogP contribution >= 0.6 is 0 Å². The minimum absolute atomic E-state index is 0.0691. The molecule has 10 nitrogen and oxygen atoms in total. The van der Waals surface area contributed by atoms with Gasteiger partial charge in [0.1, 0.15) is 6.04 Å². The Morgan fingerprint density at radius 1 is 0.696 bits per heavy atom. The van der Waals surface area contributed by atoms with Crippen LogP contribution in [0.15, 0.2) is 11.1 Å². The number of rotatable bonds is 14. The van der Waals surface area contributed by atoms with E-state index >= 15 is 0 Å². The molecule has 0 radical (unpaired) electrons. The average Bonchev–Trinajstić information content (AvgIpc) is 3.32. The molecule has 4 saturated carbocycles. The van der Waals surface area contributed by atoms with Crippen molar-refractivity contribution in [1.29, 1.82) is 0 Å². The van der Waals surface area contributed by atoms with Gasteiger partial charge in [-0.25, -0.2) is 0 Å². The van der Waals surface area contributed by atoms with Gasteiger partial charge in [0.2, 0.25) is 23.6 Å². The third-order valence-corrected chi connectivity index (χ3v) is 15.6. The van der Waals surface area contributed by atoms with Gasteiger partial charge in [-0.05, 0) is 178 Å². The second-order valence-corrected chi connectivity index (χ2v) is 19.1. The predicted molar refractivity (Wildman–Crippen MR) is 219 cm³/mol. The Morgan fingerprint density at radius 2 is 1.36 bits per heavy atom. The zero-order valence-electron chi connectivity index (χ0n) is 34.8. The highest BCUT2D eigenvalue weighted by molar-refractivity contribution is 6.10. The van der Waals surface area contributed by atoms with E-state index in [0.29, 0.717) is 12.8 Å². The fraction of sp³-hybridized carbons (Fsp3) is 0.870. The molecule has 7 fully saturated rings. The lowest BCUT2D eigenvalue weighted by Gasteiger charge is -2.39. The first-order valence-electron chi connectivity index (χ1n) is 23.6. The molecule has 0 aromatic carbocycles. The van der Waals surface area contributed by atoms with Crippen LogP contribution in [0.1, 0.15) is 155 Å². The Balaban J connectivity index is 0.784. The van der Waals surface area contributed by atoms with Crippen LogP contribution in [0.25, 0.3) is 0 Å². The van der Waals surface area contributed by atoms with Gasteiger partial charge in [-0.1, -0.05) is 37.3 Å². The van der Waals surface area contributed by atoms with Crippen molar-refractivity contribution < 1.29 is 24.3 Å². The van der Waals surface area contributed by atoms with Crippen molar-refractivity contribution in [3.8, 4) is 0 Å². The number of carbonyl (C=O) groups is 4. The van der Waals surface area contributed by atoms with E-state index < -0.39 is 11.9 Å². The van der Waals surface area contributed by atoms with E-state index in [1.807, 2.05) is 11.1 Å². The summed E-state index contributed by atoms with van der Waals surface area (Å²) >= 11 is 0.